The van der Waals surface area contributed by atoms with Crippen LogP contribution in [-0.2, 0) is 4.79 Å². The molecule has 5 nitrogen and oxygen atoms in total. The van der Waals surface area contributed by atoms with Gasteiger partial charge in [-0.25, -0.2) is 4.39 Å². The van der Waals surface area contributed by atoms with Crippen molar-refractivity contribution in [3.05, 3.63) is 29.6 Å². The van der Waals surface area contributed by atoms with Crippen LogP contribution in [0, 0.1) is 5.82 Å². The Labute approximate surface area is 143 Å². The lowest BCUT2D eigenvalue weighted by atomic mass is 10.0. The van der Waals surface area contributed by atoms with E-state index in [-0.39, 0.29) is 30.2 Å². The molecule has 1 aliphatic heterocycles. The Balaban J connectivity index is 0.00000264. The highest BCUT2D eigenvalue weighted by atomic mass is 35.5. The van der Waals surface area contributed by atoms with Gasteiger partial charge in [0.25, 0.3) is 0 Å². The van der Waals surface area contributed by atoms with E-state index in [1.165, 1.54) is 12.1 Å². The first kappa shape index (κ1) is 19.7. The zero-order chi connectivity index (χ0) is 16.3. The van der Waals surface area contributed by atoms with E-state index in [9.17, 15) is 9.18 Å². The molecule has 2 atom stereocenters. The first-order valence-electron chi connectivity index (χ1n) is 7.67. The average Bonchev–Trinajstić information content (AvgIpc) is 2.48. The highest BCUT2D eigenvalue weighted by molar-refractivity contribution is 5.85. The van der Waals surface area contributed by atoms with Crippen molar-refractivity contribution in [2.45, 2.75) is 25.9 Å². The molecule has 2 unspecified atom stereocenters. The van der Waals surface area contributed by atoms with Crippen molar-refractivity contribution in [1.82, 2.24) is 10.2 Å². The fraction of sp³-hybridized carbons (Fsp3) is 0.562. The van der Waals surface area contributed by atoms with E-state index in [0.717, 1.165) is 37.4 Å². The minimum absolute atomic E-state index is 0. The number of hydrogen-bond acceptors (Lipinski definition) is 4. The quantitative estimate of drug-likeness (QED) is 0.869. The van der Waals surface area contributed by atoms with Crippen LogP contribution >= 0.6 is 12.4 Å². The van der Waals surface area contributed by atoms with E-state index in [1.807, 2.05) is 6.92 Å². The lowest BCUT2D eigenvalue weighted by molar-refractivity contribution is -0.122. The van der Waals surface area contributed by atoms with Gasteiger partial charge in [0.1, 0.15) is 5.82 Å². The standard InChI is InChI=1S/C16H25FN4O.ClH/c1-11(18)16(22)19-12(2)14-10-13(17)4-5-15(14)21-8-6-20(3)7-9-21;/h4-5,10-12H,6-9,18H2,1-3H3,(H,19,22);1H. The van der Waals surface area contributed by atoms with Crippen LogP contribution in [0.5, 0.6) is 0 Å². The molecule has 0 saturated carbocycles. The number of nitrogens with zero attached hydrogens (tertiary/aromatic N) is 2. The maximum atomic E-state index is 13.7. The SMILES string of the molecule is CC(N)C(=O)NC(C)c1cc(F)ccc1N1CCN(C)CC1.Cl. The smallest absolute Gasteiger partial charge is 0.237 e. The summed E-state index contributed by atoms with van der Waals surface area (Å²) in [4.78, 5) is 16.3. The first-order valence-corrected chi connectivity index (χ1v) is 7.67. The molecule has 1 amide bonds. The molecule has 0 radical (unpaired) electrons. The molecule has 0 aliphatic carbocycles. The molecular weight excluding hydrogens is 319 g/mol. The van der Waals surface area contributed by atoms with E-state index < -0.39 is 6.04 Å². The Hall–Kier alpha value is -1.37. The fourth-order valence-electron chi connectivity index (χ4n) is 2.63. The predicted molar refractivity (Wildman–Crippen MR) is 93.6 cm³/mol. The molecule has 0 spiro atoms. The molecule has 2 rings (SSSR count). The van der Waals surface area contributed by atoms with Gasteiger partial charge >= 0.3 is 0 Å². The monoisotopic (exact) mass is 344 g/mol. The summed E-state index contributed by atoms with van der Waals surface area (Å²) in [7, 11) is 2.09. The second-order valence-corrected chi connectivity index (χ2v) is 6.01. The third-order valence-electron chi connectivity index (χ3n) is 4.07. The number of nitrogens with one attached hydrogen (secondary N) is 1. The molecule has 1 heterocycles. The van der Waals surface area contributed by atoms with Gasteiger partial charge in [-0.3, -0.25) is 4.79 Å². The van der Waals surface area contributed by atoms with E-state index in [1.54, 1.807) is 13.0 Å². The lowest BCUT2D eigenvalue weighted by Crippen LogP contribution is -2.45. The summed E-state index contributed by atoms with van der Waals surface area (Å²) in [5, 5.41) is 2.84. The molecule has 1 aromatic carbocycles. The molecule has 23 heavy (non-hydrogen) atoms. The Morgan fingerprint density at radius 1 is 1.26 bits per heavy atom. The van der Waals surface area contributed by atoms with Crippen molar-refractivity contribution in [3.8, 4) is 0 Å². The van der Waals surface area contributed by atoms with E-state index in [0.29, 0.717) is 0 Å². The van der Waals surface area contributed by atoms with Crippen LogP contribution in [0.4, 0.5) is 10.1 Å². The highest BCUT2D eigenvalue weighted by Crippen LogP contribution is 2.28. The fourth-order valence-corrected chi connectivity index (χ4v) is 2.63. The zero-order valence-electron chi connectivity index (χ0n) is 13.9. The molecule has 0 aromatic heterocycles. The van der Waals surface area contributed by atoms with Crippen molar-refractivity contribution >= 4 is 24.0 Å². The van der Waals surface area contributed by atoms with Crippen LogP contribution in [0.1, 0.15) is 25.5 Å². The molecule has 1 saturated heterocycles. The topological polar surface area (TPSA) is 61.6 Å². The first-order chi connectivity index (χ1) is 10.4. The number of piperazine rings is 1. The number of anilines is 1. The van der Waals surface area contributed by atoms with E-state index in [2.05, 4.69) is 22.2 Å². The summed E-state index contributed by atoms with van der Waals surface area (Å²) >= 11 is 0. The molecule has 1 aliphatic rings. The van der Waals surface area contributed by atoms with E-state index in [4.69, 9.17) is 5.73 Å². The van der Waals surface area contributed by atoms with Gasteiger partial charge in [-0.15, -0.1) is 12.4 Å². The molecule has 0 bridgehead atoms. The number of nitrogens with two attached hydrogens (primary N) is 1. The van der Waals surface area contributed by atoms with Gasteiger partial charge < -0.3 is 20.9 Å². The Kier molecular flexibility index (Phi) is 7.25. The van der Waals surface area contributed by atoms with Crippen LogP contribution in [0.2, 0.25) is 0 Å². The largest absolute Gasteiger partial charge is 0.369 e. The Bertz CT molecular complexity index is 533. The van der Waals surface area contributed by atoms with Crippen molar-refractivity contribution < 1.29 is 9.18 Å². The lowest BCUT2D eigenvalue weighted by Gasteiger charge is -2.36. The third kappa shape index (κ3) is 5.06. The second kappa shape index (κ2) is 8.47. The zero-order valence-corrected chi connectivity index (χ0v) is 14.7. The highest BCUT2D eigenvalue weighted by Gasteiger charge is 2.21. The van der Waals surface area contributed by atoms with Gasteiger partial charge in [0.15, 0.2) is 0 Å². The van der Waals surface area contributed by atoms with Crippen molar-refractivity contribution in [3.63, 3.8) is 0 Å². The van der Waals surface area contributed by atoms with E-state index >= 15 is 0 Å². The van der Waals surface area contributed by atoms with Crippen LogP contribution in [0.25, 0.3) is 0 Å². The normalized spacial score (nSPS) is 18.0. The van der Waals surface area contributed by atoms with Crippen LogP contribution in [0.15, 0.2) is 18.2 Å². The average molecular weight is 345 g/mol. The summed E-state index contributed by atoms with van der Waals surface area (Å²) < 4.78 is 13.7. The molecule has 1 fully saturated rings. The van der Waals surface area contributed by atoms with Gasteiger partial charge in [-0.05, 0) is 39.1 Å². The number of halogens is 2. The number of rotatable bonds is 4. The third-order valence-corrected chi connectivity index (χ3v) is 4.07. The van der Waals surface area contributed by atoms with Gasteiger partial charge in [-0.1, -0.05) is 0 Å². The molecule has 7 heteroatoms. The summed E-state index contributed by atoms with van der Waals surface area (Å²) in [5.74, 6) is -0.532. The number of amides is 1. The number of likely N-dealkylation sites (N-methyl/N-ethyl adjacent to an activating group) is 1. The minimum atomic E-state index is -0.580. The van der Waals surface area contributed by atoms with Gasteiger partial charge in [0.2, 0.25) is 5.91 Å². The molecule has 1 aromatic rings. The van der Waals surface area contributed by atoms with Crippen molar-refractivity contribution in [2.24, 2.45) is 5.73 Å². The van der Waals surface area contributed by atoms with Crippen LogP contribution in [0.3, 0.4) is 0 Å². The number of benzene rings is 1. The van der Waals surface area contributed by atoms with Gasteiger partial charge in [0, 0.05) is 37.4 Å². The number of carbonyl (C=O) groups is 1. The summed E-state index contributed by atoms with van der Waals surface area (Å²) in [6, 6.07) is 3.90. The number of carbonyl (C=O) groups excluding carboxylic acids is 1. The van der Waals surface area contributed by atoms with Gasteiger partial charge in [-0.2, -0.15) is 0 Å². The summed E-state index contributed by atoms with van der Waals surface area (Å²) in [5.41, 5.74) is 7.36. The second-order valence-electron chi connectivity index (χ2n) is 6.01. The Morgan fingerprint density at radius 3 is 2.43 bits per heavy atom. The van der Waals surface area contributed by atoms with Gasteiger partial charge in [0.05, 0.1) is 12.1 Å². The predicted octanol–water partition coefficient (Wildman–Crippen LogP) is 1.52. The van der Waals surface area contributed by atoms with Crippen LogP contribution < -0.4 is 16.0 Å². The number of hydrogen-bond donors (Lipinski definition) is 2. The Morgan fingerprint density at radius 2 is 1.87 bits per heavy atom. The minimum Gasteiger partial charge on any atom is -0.369 e. The molecule has 130 valence electrons. The molecule has 3 N–H and O–H groups in total. The summed E-state index contributed by atoms with van der Waals surface area (Å²) in [6.07, 6.45) is 0. The van der Waals surface area contributed by atoms with Crippen molar-refractivity contribution in [2.75, 3.05) is 38.1 Å². The maximum Gasteiger partial charge on any atom is 0.237 e. The summed E-state index contributed by atoms with van der Waals surface area (Å²) in [6.45, 7) is 7.21. The molecular formula is C16H26ClFN4O. The maximum absolute atomic E-state index is 13.7. The van der Waals surface area contributed by atoms with Crippen LogP contribution in [-0.4, -0.2) is 50.1 Å². The van der Waals surface area contributed by atoms with Crippen molar-refractivity contribution in [1.29, 1.82) is 0 Å².